The summed E-state index contributed by atoms with van der Waals surface area (Å²) >= 11 is 5.76. The Labute approximate surface area is 190 Å². The Morgan fingerprint density at radius 3 is 2.00 bits per heavy atom. The molecule has 0 saturated heterocycles. The average Bonchev–Trinajstić information content (AvgIpc) is 2.80. The molecule has 0 aliphatic rings. The Bertz CT molecular complexity index is 1220. The number of rotatable bonds is 7. The van der Waals surface area contributed by atoms with Crippen molar-refractivity contribution in [3.8, 4) is 0 Å². The van der Waals surface area contributed by atoms with Crippen LogP contribution in [-0.4, -0.2) is 41.0 Å². The molecular formula is C20H15ClFN5O6. The lowest BCUT2D eigenvalue weighted by molar-refractivity contribution is -0.383. The van der Waals surface area contributed by atoms with Crippen molar-refractivity contribution in [1.82, 2.24) is 9.97 Å². The Morgan fingerprint density at radius 2 is 1.52 bits per heavy atom. The summed E-state index contributed by atoms with van der Waals surface area (Å²) in [5, 5.41) is 17.0. The molecule has 2 aromatic carbocycles. The highest BCUT2D eigenvalue weighted by Gasteiger charge is 2.24. The van der Waals surface area contributed by atoms with Crippen LogP contribution in [0.25, 0.3) is 0 Å². The first-order valence-corrected chi connectivity index (χ1v) is 9.41. The fraction of sp³-hybridized carbons (Fsp3) is 0.100. The van der Waals surface area contributed by atoms with E-state index >= 15 is 0 Å². The van der Waals surface area contributed by atoms with Gasteiger partial charge < -0.3 is 20.1 Å². The molecule has 0 radical (unpaired) electrons. The molecule has 0 saturated carbocycles. The summed E-state index contributed by atoms with van der Waals surface area (Å²) in [5.41, 5.74) is -0.190. The molecule has 2 N–H and O–H groups in total. The SMILES string of the molecule is COC(=O)c1cc(Nc2ncnc(Nc3ccc(F)c(Cl)c3)c2[N+](=O)[O-])cc(C(=O)OC)c1. The summed E-state index contributed by atoms with van der Waals surface area (Å²) in [7, 11) is 2.32. The molecule has 170 valence electrons. The molecule has 3 aromatic rings. The molecule has 11 nitrogen and oxygen atoms in total. The van der Waals surface area contributed by atoms with E-state index in [0.717, 1.165) is 26.6 Å². The van der Waals surface area contributed by atoms with Crippen molar-refractivity contribution in [2.75, 3.05) is 24.9 Å². The van der Waals surface area contributed by atoms with Gasteiger partial charge in [-0.3, -0.25) is 10.1 Å². The Kier molecular flexibility index (Phi) is 6.98. The molecule has 0 amide bonds. The lowest BCUT2D eigenvalue weighted by atomic mass is 10.1. The molecule has 0 fully saturated rings. The van der Waals surface area contributed by atoms with E-state index in [1.807, 2.05) is 0 Å². The van der Waals surface area contributed by atoms with Crippen molar-refractivity contribution >= 4 is 52.2 Å². The van der Waals surface area contributed by atoms with Gasteiger partial charge in [-0.25, -0.2) is 23.9 Å². The highest BCUT2D eigenvalue weighted by atomic mass is 35.5. The van der Waals surface area contributed by atoms with Gasteiger partial charge in [-0.2, -0.15) is 0 Å². The van der Waals surface area contributed by atoms with Gasteiger partial charge >= 0.3 is 17.6 Å². The maximum absolute atomic E-state index is 13.4. The van der Waals surface area contributed by atoms with Crippen molar-refractivity contribution < 1.29 is 28.4 Å². The number of ether oxygens (including phenoxy) is 2. The topological polar surface area (TPSA) is 146 Å². The highest BCUT2D eigenvalue weighted by molar-refractivity contribution is 6.31. The summed E-state index contributed by atoms with van der Waals surface area (Å²) in [6.07, 6.45) is 1.05. The van der Waals surface area contributed by atoms with Gasteiger partial charge in [0.15, 0.2) is 0 Å². The molecule has 0 aliphatic heterocycles. The van der Waals surface area contributed by atoms with Crippen LogP contribution in [0.3, 0.4) is 0 Å². The van der Waals surface area contributed by atoms with Gasteiger partial charge in [0, 0.05) is 11.4 Å². The Hall–Kier alpha value is -4.32. The molecule has 1 aromatic heterocycles. The van der Waals surface area contributed by atoms with Crippen LogP contribution >= 0.6 is 11.6 Å². The number of carbonyl (C=O) groups is 2. The van der Waals surface area contributed by atoms with Crippen LogP contribution in [0, 0.1) is 15.9 Å². The zero-order chi connectivity index (χ0) is 24.1. The first-order chi connectivity index (χ1) is 15.7. The van der Waals surface area contributed by atoms with Gasteiger partial charge in [0.25, 0.3) is 0 Å². The third-order valence-corrected chi connectivity index (χ3v) is 4.51. The van der Waals surface area contributed by atoms with E-state index in [1.165, 1.54) is 30.3 Å². The fourth-order valence-corrected chi connectivity index (χ4v) is 2.93. The van der Waals surface area contributed by atoms with Crippen molar-refractivity contribution in [3.05, 3.63) is 74.8 Å². The smallest absolute Gasteiger partial charge is 0.353 e. The van der Waals surface area contributed by atoms with Crippen molar-refractivity contribution in [3.63, 3.8) is 0 Å². The third kappa shape index (κ3) is 5.30. The highest BCUT2D eigenvalue weighted by Crippen LogP contribution is 2.34. The van der Waals surface area contributed by atoms with E-state index in [9.17, 15) is 24.1 Å². The quantitative estimate of drug-likeness (QED) is 0.289. The van der Waals surface area contributed by atoms with Gasteiger partial charge in [0.1, 0.15) is 12.1 Å². The molecule has 0 bridgehead atoms. The number of hydrogen-bond acceptors (Lipinski definition) is 10. The van der Waals surface area contributed by atoms with Crippen LogP contribution < -0.4 is 10.6 Å². The van der Waals surface area contributed by atoms with Crippen molar-refractivity contribution in [1.29, 1.82) is 0 Å². The second-order valence-electron chi connectivity index (χ2n) is 6.34. The monoisotopic (exact) mass is 475 g/mol. The van der Waals surface area contributed by atoms with Gasteiger partial charge in [-0.05, 0) is 36.4 Å². The number of carbonyl (C=O) groups excluding carboxylic acids is 2. The van der Waals surface area contributed by atoms with Crippen LogP contribution in [0.15, 0.2) is 42.7 Å². The van der Waals surface area contributed by atoms with Gasteiger partial charge in [-0.1, -0.05) is 11.6 Å². The molecule has 3 rings (SSSR count). The normalized spacial score (nSPS) is 10.3. The molecule has 13 heteroatoms. The lowest BCUT2D eigenvalue weighted by Gasteiger charge is -2.12. The predicted octanol–water partition coefficient (Wildman–Crippen LogP) is 4.24. The number of nitro groups is 1. The minimum atomic E-state index is -0.739. The van der Waals surface area contributed by atoms with Crippen LogP contribution in [0.1, 0.15) is 20.7 Å². The lowest BCUT2D eigenvalue weighted by Crippen LogP contribution is -2.09. The minimum Gasteiger partial charge on any atom is -0.465 e. The first kappa shape index (κ1) is 23.3. The molecule has 0 unspecified atom stereocenters. The zero-order valence-corrected chi connectivity index (χ0v) is 17.8. The zero-order valence-electron chi connectivity index (χ0n) is 17.1. The van der Waals surface area contributed by atoms with E-state index in [4.69, 9.17) is 11.6 Å². The third-order valence-electron chi connectivity index (χ3n) is 4.23. The second kappa shape index (κ2) is 9.87. The van der Waals surface area contributed by atoms with E-state index in [1.54, 1.807) is 0 Å². The molecule has 0 atom stereocenters. The van der Waals surface area contributed by atoms with Crippen molar-refractivity contribution in [2.45, 2.75) is 0 Å². The van der Waals surface area contributed by atoms with E-state index in [-0.39, 0.29) is 39.2 Å². The first-order valence-electron chi connectivity index (χ1n) is 9.03. The van der Waals surface area contributed by atoms with Gasteiger partial charge in [-0.15, -0.1) is 0 Å². The summed E-state index contributed by atoms with van der Waals surface area (Å²) in [6, 6.07) is 7.53. The van der Waals surface area contributed by atoms with Gasteiger partial charge in [0.2, 0.25) is 11.6 Å². The maximum Gasteiger partial charge on any atom is 0.353 e. The number of nitrogens with zero attached hydrogens (tertiary/aromatic N) is 3. The van der Waals surface area contributed by atoms with Gasteiger partial charge in [0.05, 0.1) is 35.3 Å². The number of methoxy groups -OCH3 is 2. The number of esters is 2. The molecule has 0 spiro atoms. The summed E-state index contributed by atoms with van der Waals surface area (Å²) in [6.45, 7) is 0. The van der Waals surface area contributed by atoms with Crippen LogP contribution in [0.2, 0.25) is 5.02 Å². The molecule has 33 heavy (non-hydrogen) atoms. The van der Waals surface area contributed by atoms with E-state index < -0.39 is 28.4 Å². The molecule has 0 aliphatic carbocycles. The summed E-state index contributed by atoms with van der Waals surface area (Å²) < 4.78 is 22.8. The summed E-state index contributed by atoms with van der Waals surface area (Å²) in [5.74, 6) is -2.59. The Balaban J connectivity index is 2.04. The largest absolute Gasteiger partial charge is 0.465 e. The number of aromatic nitrogens is 2. The van der Waals surface area contributed by atoms with Crippen LogP contribution in [-0.2, 0) is 9.47 Å². The molecule has 1 heterocycles. The van der Waals surface area contributed by atoms with E-state index in [2.05, 4.69) is 30.1 Å². The Morgan fingerprint density at radius 1 is 0.970 bits per heavy atom. The second-order valence-corrected chi connectivity index (χ2v) is 6.74. The number of halogens is 2. The maximum atomic E-state index is 13.4. The number of nitrogens with one attached hydrogen (secondary N) is 2. The van der Waals surface area contributed by atoms with Crippen LogP contribution in [0.5, 0.6) is 0 Å². The average molecular weight is 476 g/mol. The number of hydrogen-bond donors (Lipinski definition) is 2. The van der Waals surface area contributed by atoms with Crippen LogP contribution in [0.4, 0.5) is 33.1 Å². The number of anilines is 4. The predicted molar refractivity (Wildman–Crippen MR) is 116 cm³/mol. The molecular weight excluding hydrogens is 461 g/mol. The number of benzene rings is 2. The standard InChI is InChI=1S/C20H15ClFN5O6/c1-32-19(28)10-5-11(20(29)33-2)7-13(6-10)26-18-16(27(30)31)17(23-9-24-18)25-12-3-4-15(22)14(21)8-12/h3-9H,1-2H3,(H2,23,24,25,26). The summed E-state index contributed by atoms with van der Waals surface area (Å²) in [4.78, 5) is 42.8. The van der Waals surface area contributed by atoms with Crippen molar-refractivity contribution in [2.24, 2.45) is 0 Å². The fourth-order valence-electron chi connectivity index (χ4n) is 2.75. The van der Waals surface area contributed by atoms with E-state index in [0.29, 0.717) is 0 Å². The minimum absolute atomic E-state index is 0.00101.